The van der Waals surface area contributed by atoms with Crippen molar-refractivity contribution in [2.24, 2.45) is 5.73 Å². The third kappa shape index (κ3) is 8.60. The third-order valence-corrected chi connectivity index (χ3v) is 2.47. The molecule has 1 rings (SSSR count). The first-order chi connectivity index (χ1) is 10.2. The van der Waals surface area contributed by atoms with Gasteiger partial charge >= 0.3 is 0 Å². The summed E-state index contributed by atoms with van der Waals surface area (Å²) >= 11 is 0. The van der Waals surface area contributed by atoms with Crippen LogP contribution in [-0.4, -0.2) is 12.5 Å². The van der Waals surface area contributed by atoms with Gasteiger partial charge < -0.3 is 11.1 Å². The highest BCUT2D eigenvalue weighted by Crippen LogP contribution is 2.11. The Kier molecular flexibility index (Phi) is 10.5. The first-order valence-electron chi connectivity index (χ1n) is 7.23. The molecule has 1 amide bonds. The molecule has 3 nitrogen and oxygen atoms in total. The fourth-order valence-electron chi connectivity index (χ4n) is 1.42. The molecule has 0 heterocycles. The van der Waals surface area contributed by atoms with E-state index in [9.17, 15) is 4.79 Å². The molecule has 0 saturated carbocycles. The van der Waals surface area contributed by atoms with Gasteiger partial charge in [0.1, 0.15) is 0 Å². The number of nitrogens with two attached hydrogens (primary N) is 1. The highest BCUT2D eigenvalue weighted by molar-refractivity contribution is 5.92. The molecule has 0 radical (unpaired) electrons. The summed E-state index contributed by atoms with van der Waals surface area (Å²) in [5.74, 6) is -0.187. The number of rotatable bonds is 5. The first-order valence-corrected chi connectivity index (χ1v) is 7.23. The molecule has 21 heavy (non-hydrogen) atoms. The van der Waals surface area contributed by atoms with Crippen LogP contribution in [0.25, 0.3) is 6.08 Å². The first kappa shape index (κ1) is 18.9. The zero-order valence-electron chi connectivity index (χ0n) is 13.4. The summed E-state index contributed by atoms with van der Waals surface area (Å²) in [6, 6.07) is 7.62. The minimum absolute atomic E-state index is 0.00338. The Morgan fingerprint density at radius 2 is 1.86 bits per heavy atom. The van der Waals surface area contributed by atoms with Crippen LogP contribution < -0.4 is 11.1 Å². The number of carbonyl (C=O) groups is 1. The lowest BCUT2D eigenvalue weighted by atomic mass is 10.1. The second-order valence-electron chi connectivity index (χ2n) is 4.14. The van der Waals surface area contributed by atoms with Gasteiger partial charge in [-0.05, 0) is 31.5 Å². The maximum absolute atomic E-state index is 11.1. The van der Waals surface area contributed by atoms with Crippen molar-refractivity contribution in [2.45, 2.75) is 27.7 Å². The van der Waals surface area contributed by atoms with E-state index >= 15 is 0 Å². The smallest absolute Gasteiger partial charge is 0.238 e. The number of nitrogens with one attached hydrogen (secondary N) is 1. The van der Waals surface area contributed by atoms with Crippen molar-refractivity contribution in [3.8, 4) is 0 Å². The van der Waals surface area contributed by atoms with Crippen molar-refractivity contribution in [3.63, 3.8) is 0 Å². The van der Waals surface area contributed by atoms with Crippen LogP contribution in [0.1, 0.15) is 33.3 Å². The molecule has 0 saturated heterocycles. The molecule has 114 valence electrons. The maximum atomic E-state index is 11.1. The molecule has 0 aliphatic heterocycles. The van der Waals surface area contributed by atoms with Crippen LogP contribution in [0.2, 0.25) is 0 Å². The van der Waals surface area contributed by atoms with Crippen molar-refractivity contribution in [3.05, 3.63) is 59.7 Å². The molecule has 0 bridgehead atoms. The lowest BCUT2D eigenvalue weighted by Crippen LogP contribution is -2.21. The van der Waals surface area contributed by atoms with Gasteiger partial charge in [0.15, 0.2) is 0 Å². The van der Waals surface area contributed by atoms with Crippen molar-refractivity contribution in [2.75, 3.05) is 11.9 Å². The predicted molar refractivity (Wildman–Crippen MR) is 93.1 cm³/mol. The minimum atomic E-state index is -0.187. The van der Waals surface area contributed by atoms with Gasteiger partial charge in [-0.1, -0.05) is 61.9 Å². The number of amides is 1. The van der Waals surface area contributed by atoms with Crippen molar-refractivity contribution < 1.29 is 4.79 Å². The van der Waals surface area contributed by atoms with E-state index in [0.717, 1.165) is 11.3 Å². The zero-order chi connectivity index (χ0) is 16.1. The van der Waals surface area contributed by atoms with Gasteiger partial charge in [0.2, 0.25) is 5.91 Å². The fourth-order valence-corrected chi connectivity index (χ4v) is 1.42. The molecule has 0 aromatic heterocycles. The van der Waals surface area contributed by atoms with E-state index in [1.165, 1.54) is 5.57 Å². The van der Waals surface area contributed by atoms with Crippen LogP contribution in [0.3, 0.4) is 0 Å². The summed E-state index contributed by atoms with van der Waals surface area (Å²) in [7, 11) is 0. The van der Waals surface area contributed by atoms with E-state index in [1.807, 2.05) is 82.3 Å². The Morgan fingerprint density at radius 3 is 2.38 bits per heavy atom. The zero-order valence-corrected chi connectivity index (χ0v) is 13.4. The van der Waals surface area contributed by atoms with E-state index in [0.29, 0.717) is 0 Å². The van der Waals surface area contributed by atoms with Gasteiger partial charge in [-0.3, -0.25) is 4.79 Å². The summed E-state index contributed by atoms with van der Waals surface area (Å²) in [5.41, 5.74) is 8.26. The molecule has 0 atom stereocenters. The van der Waals surface area contributed by atoms with Gasteiger partial charge in [-0.2, -0.15) is 0 Å². The molecule has 0 fully saturated rings. The summed E-state index contributed by atoms with van der Waals surface area (Å²) in [4.78, 5) is 11.1. The quantitative estimate of drug-likeness (QED) is 0.799. The number of hydrogen-bond donors (Lipinski definition) is 2. The number of carbonyl (C=O) groups excluding carboxylic acids is 1. The highest BCUT2D eigenvalue weighted by atomic mass is 16.1. The van der Waals surface area contributed by atoms with E-state index in [1.54, 1.807) is 0 Å². The van der Waals surface area contributed by atoms with Crippen LogP contribution >= 0.6 is 0 Å². The van der Waals surface area contributed by atoms with Crippen molar-refractivity contribution in [1.29, 1.82) is 0 Å². The second kappa shape index (κ2) is 11.7. The van der Waals surface area contributed by atoms with E-state index in [2.05, 4.69) is 5.32 Å². The van der Waals surface area contributed by atoms with Gasteiger partial charge in [0.05, 0.1) is 6.54 Å². The lowest BCUT2D eigenvalue weighted by Gasteiger charge is -2.03. The Bertz CT molecular complexity index is 496. The number of anilines is 1. The van der Waals surface area contributed by atoms with Gasteiger partial charge in [0.25, 0.3) is 0 Å². The number of benzene rings is 1. The molecule has 0 aliphatic rings. The normalized spacial score (nSPS) is 11.4. The monoisotopic (exact) mass is 286 g/mol. The minimum Gasteiger partial charge on any atom is -0.325 e. The molecule has 0 spiro atoms. The maximum Gasteiger partial charge on any atom is 0.238 e. The van der Waals surface area contributed by atoms with Crippen LogP contribution in [0.4, 0.5) is 5.69 Å². The van der Waals surface area contributed by atoms with Crippen LogP contribution in [-0.2, 0) is 4.79 Å². The van der Waals surface area contributed by atoms with Crippen LogP contribution in [0.5, 0.6) is 0 Å². The molecular weight excluding hydrogens is 260 g/mol. The largest absolute Gasteiger partial charge is 0.325 e. The summed E-state index contributed by atoms with van der Waals surface area (Å²) < 4.78 is 0. The van der Waals surface area contributed by atoms with E-state index < -0.39 is 0 Å². The fraction of sp³-hybridized carbons (Fsp3) is 0.278. The van der Waals surface area contributed by atoms with Gasteiger partial charge in [0, 0.05) is 5.69 Å². The van der Waals surface area contributed by atoms with E-state index in [-0.39, 0.29) is 12.5 Å². The Hall–Kier alpha value is -2.13. The Balaban J connectivity index is 0.00000191. The molecule has 1 aromatic carbocycles. The Morgan fingerprint density at radius 1 is 1.24 bits per heavy atom. The van der Waals surface area contributed by atoms with Gasteiger partial charge in [-0.15, -0.1) is 0 Å². The summed E-state index contributed by atoms with van der Waals surface area (Å²) in [6.07, 6.45) is 10.1. The van der Waals surface area contributed by atoms with E-state index in [4.69, 9.17) is 5.73 Å². The Labute approximate surface area is 128 Å². The predicted octanol–water partition coefficient (Wildman–Crippen LogP) is 4.15. The van der Waals surface area contributed by atoms with Crippen molar-refractivity contribution in [1.82, 2.24) is 0 Å². The average molecular weight is 286 g/mol. The SMILES string of the molecule is CC.C\C=C/C=C(C)/C=C/c1ccc(NC(=O)CN)cc1. The standard InChI is InChI=1S/C16H20N2O.C2H6/c1-3-4-5-13(2)6-7-14-8-10-15(11-9-14)18-16(19)12-17;1-2/h3-11H,12,17H2,1-2H3,(H,18,19);1-2H3/b4-3-,7-6+,13-5+;. The van der Waals surface area contributed by atoms with Crippen molar-refractivity contribution >= 4 is 17.7 Å². The highest BCUT2D eigenvalue weighted by Gasteiger charge is 1.97. The molecule has 1 aromatic rings. The molecule has 3 heteroatoms. The van der Waals surface area contributed by atoms with Crippen LogP contribution in [0, 0.1) is 0 Å². The number of allylic oxidation sites excluding steroid dienone is 5. The topological polar surface area (TPSA) is 55.1 Å². The summed E-state index contributed by atoms with van der Waals surface area (Å²) in [5, 5.41) is 2.70. The van der Waals surface area contributed by atoms with Gasteiger partial charge in [-0.25, -0.2) is 0 Å². The molecule has 0 unspecified atom stereocenters. The molecule has 3 N–H and O–H groups in total. The molecule has 0 aliphatic carbocycles. The second-order valence-corrected chi connectivity index (χ2v) is 4.14. The van der Waals surface area contributed by atoms with Crippen LogP contribution in [0.15, 0.2) is 54.1 Å². The molecular formula is C18H26N2O. The summed E-state index contributed by atoms with van der Waals surface area (Å²) in [6.45, 7) is 8.03. The third-order valence-electron chi connectivity index (χ3n) is 2.47. The number of hydrogen-bond acceptors (Lipinski definition) is 2. The lowest BCUT2D eigenvalue weighted by molar-refractivity contribution is -0.114. The average Bonchev–Trinajstić information content (AvgIpc) is 2.54.